The molecule has 0 unspecified atom stereocenters. The van der Waals surface area contributed by atoms with Crippen LogP contribution >= 0.6 is 11.8 Å². The highest BCUT2D eigenvalue weighted by Gasteiger charge is 2.22. The molecule has 3 nitrogen and oxygen atoms in total. The molecule has 132 valence electrons. The minimum atomic E-state index is -0.166. The monoisotopic (exact) mass is 362 g/mol. The smallest absolute Gasteiger partial charge is 0.265 e. The van der Waals surface area contributed by atoms with Crippen molar-refractivity contribution in [2.75, 3.05) is 0 Å². The van der Waals surface area contributed by atoms with Crippen LogP contribution in [0.3, 0.4) is 0 Å². The van der Waals surface area contributed by atoms with Crippen LogP contribution in [0, 0.1) is 13.8 Å². The van der Waals surface area contributed by atoms with Crippen LogP contribution in [0.5, 0.6) is 0 Å². The molecule has 2 aromatic carbocycles. The van der Waals surface area contributed by atoms with Crippen LogP contribution in [-0.4, -0.2) is 9.55 Å². The molecule has 0 atom stereocenters. The molecule has 0 N–H and O–H groups in total. The predicted molar refractivity (Wildman–Crippen MR) is 107 cm³/mol. The van der Waals surface area contributed by atoms with E-state index in [1.165, 1.54) is 22.3 Å². The summed E-state index contributed by atoms with van der Waals surface area (Å²) >= 11 is 1.68. The maximum Gasteiger partial charge on any atom is 0.353 e. The first-order valence-electron chi connectivity index (χ1n) is 9.02. The Balaban J connectivity index is 1.70. The number of nitrogens with zero attached hydrogens (tertiary/aromatic N) is 2. The molecular weight excluding hydrogens is 340 g/mol. The van der Waals surface area contributed by atoms with Gasteiger partial charge >= 0.3 is 5.69 Å². The maximum atomic E-state index is 12.8. The van der Waals surface area contributed by atoms with Gasteiger partial charge in [0, 0.05) is 17.0 Å². The average Bonchev–Trinajstić information content (AvgIpc) is 3.10. The van der Waals surface area contributed by atoms with Crippen molar-refractivity contribution in [3.05, 3.63) is 87.0 Å². The summed E-state index contributed by atoms with van der Waals surface area (Å²) in [6.07, 6.45) is 3.04. The van der Waals surface area contributed by atoms with Crippen molar-refractivity contribution in [1.82, 2.24) is 9.55 Å². The third-order valence-corrected chi connectivity index (χ3v) is 5.94. The van der Waals surface area contributed by atoms with Gasteiger partial charge in [0.05, 0.1) is 5.69 Å². The molecule has 3 aromatic rings. The number of aryl methyl sites for hydroxylation is 2. The van der Waals surface area contributed by atoms with Crippen LogP contribution in [0.4, 0.5) is 0 Å². The summed E-state index contributed by atoms with van der Waals surface area (Å²) in [5.41, 5.74) is 6.87. The molecule has 1 aliphatic carbocycles. The Morgan fingerprint density at radius 1 is 1.04 bits per heavy atom. The van der Waals surface area contributed by atoms with Crippen LogP contribution < -0.4 is 5.69 Å². The molecule has 0 radical (unpaired) electrons. The second-order valence-electron chi connectivity index (χ2n) is 6.93. The molecule has 4 rings (SSSR count). The van der Waals surface area contributed by atoms with E-state index < -0.39 is 0 Å². The lowest BCUT2D eigenvalue weighted by atomic mass is 10.2. The zero-order chi connectivity index (χ0) is 18.1. The topological polar surface area (TPSA) is 34.9 Å². The fourth-order valence-electron chi connectivity index (χ4n) is 3.56. The van der Waals surface area contributed by atoms with Crippen LogP contribution in [0.1, 0.15) is 34.4 Å². The van der Waals surface area contributed by atoms with Gasteiger partial charge in [0.2, 0.25) is 0 Å². The van der Waals surface area contributed by atoms with Gasteiger partial charge in [0.1, 0.15) is 5.03 Å². The molecule has 4 heteroatoms. The summed E-state index contributed by atoms with van der Waals surface area (Å²) in [5, 5.41) is 0.910. The molecule has 0 spiro atoms. The molecule has 0 bridgehead atoms. The SMILES string of the molecule is Cc1ccc(-n2c3c(c(SCc4cccc(C)c4)nc2=O)CCC3)cc1. The summed E-state index contributed by atoms with van der Waals surface area (Å²) in [4.78, 5) is 17.2. The molecule has 0 saturated heterocycles. The number of hydrogen-bond acceptors (Lipinski definition) is 3. The highest BCUT2D eigenvalue weighted by molar-refractivity contribution is 7.98. The standard InChI is InChI=1S/C22H22N2OS/c1-15-9-11-18(12-10-15)24-20-8-4-7-19(20)21(23-22(24)25)26-14-17-6-3-5-16(2)13-17/h3,5-6,9-13H,4,7-8,14H2,1-2H3. The van der Waals surface area contributed by atoms with Gasteiger partial charge in [0.25, 0.3) is 0 Å². The minimum absolute atomic E-state index is 0.166. The van der Waals surface area contributed by atoms with Crippen molar-refractivity contribution in [1.29, 1.82) is 0 Å². The number of rotatable bonds is 4. The van der Waals surface area contributed by atoms with E-state index in [4.69, 9.17) is 0 Å². The van der Waals surface area contributed by atoms with E-state index in [1.807, 2.05) is 24.3 Å². The van der Waals surface area contributed by atoms with Crippen molar-refractivity contribution in [2.45, 2.75) is 43.9 Å². The van der Waals surface area contributed by atoms with Gasteiger partial charge in [-0.1, -0.05) is 47.5 Å². The highest BCUT2D eigenvalue weighted by atomic mass is 32.2. The zero-order valence-corrected chi connectivity index (χ0v) is 16.0. The first-order valence-corrected chi connectivity index (χ1v) is 10.0. The fourth-order valence-corrected chi connectivity index (χ4v) is 4.58. The van der Waals surface area contributed by atoms with E-state index in [0.717, 1.165) is 41.4 Å². The summed E-state index contributed by atoms with van der Waals surface area (Å²) < 4.78 is 1.80. The zero-order valence-electron chi connectivity index (χ0n) is 15.2. The molecule has 0 saturated carbocycles. The van der Waals surface area contributed by atoms with Gasteiger partial charge in [-0.3, -0.25) is 4.57 Å². The van der Waals surface area contributed by atoms with Gasteiger partial charge in [-0.05, 0) is 50.8 Å². The quantitative estimate of drug-likeness (QED) is 0.501. The average molecular weight is 362 g/mol. The largest absolute Gasteiger partial charge is 0.353 e. The molecule has 26 heavy (non-hydrogen) atoms. The van der Waals surface area contributed by atoms with Gasteiger partial charge in [0.15, 0.2) is 0 Å². The fraction of sp³-hybridized carbons (Fsp3) is 0.273. The molecule has 0 fully saturated rings. The van der Waals surface area contributed by atoms with Crippen LogP contribution in [-0.2, 0) is 18.6 Å². The Kier molecular flexibility index (Phi) is 4.68. The number of hydrogen-bond donors (Lipinski definition) is 0. The van der Waals surface area contributed by atoms with Gasteiger partial charge < -0.3 is 0 Å². The van der Waals surface area contributed by atoms with E-state index in [-0.39, 0.29) is 5.69 Å². The van der Waals surface area contributed by atoms with Crippen molar-refractivity contribution in [3.8, 4) is 5.69 Å². The maximum absolute atomic E-state index is 12.8. The Morgan fingerprint density at radius 2 is 1.85 bits per heavy atom. The summed E-state index contributed by atoms with van der Waals surface area (Å²) in [6, 6.07) is 16.6. The third-order valence-electron chi connectivity index (χ3n) is 4.86. The third kappa shape index (κ3) is 3.34. The van der Waals surface area contributed by atoms with Crippen molar-refractivity contribution in [3.63, 3.8) is 0 Å². The van der Waals surface area contributed by atoms with E-state index in [9.17, 15) is 4.79 Å². The van der Waals surface area contributed by atoms with Gasteiger partial charge in [-0.15, -0.1) is 11.8 Å². The second kappa shape index (κ2) is 7.12. The summed E-state index contributed by atoms with van der Waals surface area (Å²) in [7, 11) is 0. The van der Waals surface area contributed by atoms with Crippen LogP contribution in [0.25, 0.3) is 5.69 Å². The first-order chi connectivity index (χ1) is 12.6. The lowest BCUT2D eigenvalue weighted by Gasteiger charge is -2.14. The van der Waals surface area contributed by atoms with Crippen LogP contribution in [0.15, 0.2) is 58.4 Å². The van der Waals surface area contributed by atoms with E-state index >= 15 is 0 Å². The van der Waals surface area contributed by atoms with Gasteiger partial charge in [-0.2, -0.15) is 4.98 Å². The van der Waals surface area contributed by atoms with Crippen molar-refractivity contribution >= 4 is 11.8 Å². The predicted octanol–water partition coefficient (Wildman–Crippen LogP) is 4.63. The van der Waals surface area contributed by atoms with E-state index in [0.29, 0.717) is 0 Å². The molecule has 0 aliphatic heterocycles. The summed E-state index contributed by atoms with van der Waals surface area (Å²) in [6.45, 7) is 4.16. The highest BCUT2D eigenvalue weighted by Crippen LogP contribution is 2.32. The Hall–Kier alpha value is -2.33. The van der Waals surface area contributed by atoms with Crippen molar-refractivity contribution < 1.29 is 0 Å². The Morgan fingerprint density at radius 3 is 2.62 bits per heavy atom. The molecule has 0 amide bonds. The number of aromatic nitrogens is 2. The number of benzene rings is 2. The van der Waals surface area contributed by atoms with Crippen LogP contribution in [0.2, 0.25) is 0 Å². The molecular formula is C22H22N2OS. The Labute approximate surface area is 158 Å². The number of thioether (sulfide) groups is 1. The van der Waals surface area contributed by atoms with Crippen molar-refractivity contribution in [2.24, 2.45) is 0 Å². The van der Waals surface area contributed by atoms with Gasteiger partial charge in [-0.25, -0.2) is 4.79 Å². The first kappa shape index (κ1) is 17.1. The molecule has 1 aromatic heterocycles. The number of fused-ring (bicyclic) bond motifs is 1. The lowest BCUT2D eigenvalue weighted by molar-refractivity contribution is 0.802. The minimum Gasteiger partial charge on any atom is -0.265 e. The van der Waals surface area contributed by atoms with E-state index in [2.05, 4.69) is 43.1 Å². The normalized spacial score (nSPS) is 13.0. The Bertz CT molecular complexity index is 1010. The van der Waals surface area contributed by atoms with E-state index in [1.54, 1.807) is 16.3 Å². The second-order valence-corrected chi connectivity index (χ2v) is 7.89. The lowest BCUT2D eigenvalue weighted by Crippen LogP contribution is -2.25. The molecule has 1 aliphatic rings. The summed E-state index contributed by atoms with van der Waals surface area (Å²) in [5.74, 6) is 0.842. The molecule has 1 heterocycles.